The summed E-state index contributed by atoms with van der Waals surface area (Å²) in [5.74, 6) is -2.68. The van der Waals surface area contributed by atoms with Crippen molar-refractivity contribution in [3.05, 3.63) is 35.9 Å². The highest BCUT2D eigenvalue weighted by molar-refractivity contribution is 5.91. The number of esters is 1. The number of carboxylic acids is 1. The van der Waals surface area contributed by atoms with Gasteiger partial charge in [0.25, 0.3) is 0 Å². The first-order chi connectivity index (χ1) is 16.1. The van der Waals surface area contributed by atoms with Crippen molar-refractivity contribution in [2.75, 3.05) is 13.1 Å². The molecule has 0 aromatic heterocycles. The lowest BCUT2D eigenvalue weighted by atomic mass is 10.0. The van der Waals surface area contributed by atoms with Gasteiger partial charge in [-0.25, -0.2) is 9.59 Å². The van der Waals surface area contributed by atoms with Crippen LogP contribution in [-0.4, -0.2) is 70.3 Å². The molecule has 0 spiro atoms. The summed E-state index contributed by atoms with van der Waals surface area (Å²) in [6.07, 6.45) is -0.367. The molecule has 1 aromatic carbocycles. The summed E-state index contributed by atoms with van der Waals surface area (Å²) in [6, 6.07) is 6.45. The molecule has 0 heterocycles. The first kappa shape index (κ1) is 29.9. The van der Waals surface area contributed by atoms with Gasteiger partial charge in [0, 0.05) is 6.42 Å². The molecule has 0 saturated heterocycles. The lowest BCUT2D eigenvalue weighted by Gasteiger charge is -2.33. The van der Waals surface area contributed by atoms with Gasteiger partial charge in [0.15, 0.2) is 0 Å². The highest BCUT2D eigenvalue weighted by atomic mass is 16.6. The largest absolute Gasteiger partial charge is 0.480 e. The second-order valence-electron chi connectivity index (χ2n) is 10.2. The van der Waals surface area contributed by atoms with Crippen LogP contribution in [-0.2, 0) is 30.3 Å². The van der Waals surface area contributed by atoms with Gasteiger partial charge < -0.3 is 25.6 Å². The molecule has 0 aliphatic carbocycles. The van der Waals surface area contributed by atoms with Crippen molar-refractivity contribution < 1.29 is 33.8 Å². The highest BCUT2D eigenvalue weighted by Gasteiger charge is 2.37. The van der Waals surface area contributed by atoms with Crippen molar-refractivity contribution in [2.24, 2.45) is 5.73 Å². The van der Waals surface area contributed by atoms with Crippen molar-refractivity contribution in [1.82, 2.24) is 10.2 Å². The summed E-state index contributed by atoms with van der Waals surface area (Å²) < 4.78 is 10.9. The number of amides is 2. The summed E-state index contributed by atoms with van der Waals surface area (Å²) in [6.45, 7) is 9.75. The number of nitrogens with zero attached hydrogens (tertiary/aromatic N) is 1. The Hall–Kier alpha value is -3.14. The number of nitrogens with one attached hydrogen (secondary N) is 1. The van der Waals surface area contributed by atoms with E-state index in [0.717, 1.165) is 4.90 Å². The fourth-order valence-corrected chi connectivity index (χ4v) is 3.16. The summed E-state index contributed by atoms with van der Waals surface area (Å²) in [5.41, 5.74) is 4.49. The van der Waals surface area contributed by atoms with Crippen LogP contribution in [0, 0.1) is 0 Å². The average molecular weight is 494 g/mol. The minimum atomic E-state index is -1.24. The number of nitrogens with two attached hydrogens (primary N) is 1. The number of hydrogen-bond acceptors (Lipinski definition) is 7. The van der Waals surface area contributed by atoms with Crippen molar-refractivity contribution >= 4 is 23.9 Å². The normalized spacial score (nSPS) is 13.3. The maximum atomic E-state index is 13.4. The molecule has 2 unspecified atom stereocenters. The summed E-state index contributed by atoms with van der Waals surface area (Å²) in [7, 11) is 0. The molecule has 0 radical (unpaired) electrons. The molecule has 2 amide bonds. The second-order valence-corrected chi connectivity index (χ2v) is 10.2. The van der Waals surface area contributed by atoms with Crippen LogP contribution in [0.4, 0.5) is 4.79 Å². The minimum absolute atomic E-state index is 0.0257. The van der Waals surface area contributed by atoms with Crippen LogP contribution in [0.25, 0.3) is 0 Å². The van der Waals surface area contributed by atoms with Gasteiger partial charge in [-0.2, -0.15) is 0 Å². The lowest BCUT2D eigenvalue weighted by Crippen LogP contribution is -2.56. The summed E-state index contributed by atoms with van der Waals surface area (Å²) >= 11 is 0. The van der Waals surface area contributed by atoms with E-state index in [-0.39, 0.29) is 19.4 Å². The van der Waals surface area contributed by atoms with E-state index < -0.39 is 53.8 Å². The summed E-state index contributed by atoms with van der Waals surface area (Å²) in [5, 5.41) is 12.1. The fourth-order valence-electron chi connectivity index (χ4n) is 3.16. The Morgan fingerprint density at radius 3 is 2.06 bits per heavy atom. The van der Waals surface area contributed by atoms with Gasteiger partial charge in [-0.05, 0) is 66.5 Å². The number of ether oxygens (including phenoxy) is 2. The molecule has 2 atom stereocenters. The highest BCUT2D eigenvalue weighted by Crippen LogP contribution is 2.17. The van der Waals surface area contributed by atoms with Crippen LogP contribution in [0.15, 0.2) is 30.3 Å². The topological polar surface area (TPSA) is 148 Å². The van der Waals surface area contributed by atoms with E-state index in [9.17, 15) is 24.3 Å². The van der Waals surface area contributed by atoms with Gasteiger partial charge in [0.2, 0.25) is 5.91 Å². The van der Waals surface area contributed by atoms with Crippen molar-refractivity contribution in [3.63, 3.8) is 0 Å². The number of hydrogen-bond donors (Lipinski definition) is 3. The predicted octanol–water partition coefficient (Wildman–Crippen LogP) is 2.48. The molecule has 1 aromatic rings. The zero-order chi connectivity index (χ0) is 26.8. The molecule has 0 aliphatic heterocycles. The van der Waals surface area contributed by atoms with E-state index in [1.54, 1.807) is 71.9 Å². The number of rotatable bonds is 11. The SMILES string of the molecule is CC(C)(C)OC(=O)CN(C(=O)OC(C)(C)C)C(Cc1ccccc1)C(=O)NC(CCCN)C(=O)O. The van der Waals surface area contributed by atoms with Crippen molar-refractivity contribution in [3.8, 4) is 0 Å². The van der Waals surface area contributed by atoms with E-state index in [4.69, 9.17) is 15.2 Å². The van der Waals surface area contributed by atoms with Crippen molar-refractivity contribution in [2.45, 2.75) is 84.1 Å². The zero-order valence-electron chi connectivity index (χ0n) is 21.5. The Bertz CT molecular complexity index is 860. The maximum absolute atomic E-state index is 13.4. The summed E-state index contributed by atoms with van der Waals surface area (Å²) in [4.78, 5) is 51.9. The van der Waals surface area contributed by atoms with Crippen LogP contribution >= 0.6 is 0 Å². The minimum Gasteiger partial charge on any atom is -0.480 e. The van der Waals surface area contributed by atoms with Gasteiger partial charge in [-0.15, -0.1) is 0 Å². The van der Waals surface area contributed by atoms with Crippen LogP contribution in [0.3, 0.4) is 0 Å². The standard InChI is InChI=1S/C25H39N3O7/c1-24(2,3)34-20(29)16-28(23(33)35-25(4,5)6)19(15-17-11-8-7-9-12-17)21(30)27-18(22(31)32)13-10-14-26/h7-9,11-12,18-19H,10,13-16,26H2,1-6H3,(H,27,30)(H,31,32). The van der Waals surface area contributed by atoms with Gasteiger partial charge in [0.1, 0.15) is 29.8 Å². The number of carbonyl (C=O) groups excluding carboxylic acids is 3. The first-order valence-electron chi connectivity index (χ1n) is 11.6. The van der Waals surface area contributed by atoms with Crippen LogP contribution in [0.1, 0.15) is 59.9 Å². The fraction of sp³-hybridized carbons (Fsp3) is 0.600. The molecule has 0 fully saturated rings. The molecule has 0 bridgehead atoms. The lowest BCUT2D eigenvalue weighted by molar-refractivity contribution is -0.157. The molecule has 35 heavy (non-hydrogen) atoms. The second kappa shape index (κ2) is 13.1. The Morgan fingerprint density at radius 2 is 1.57 bits per heavy atom. The zero-order valence-corrected chi connectivity index (χ0v) is 21.5. The third-order valence-electron chi connectivity index (χ3n) is 4.61. The molecule has 10 heteroatoms. The number of carbonyl (C=O) groups is 4. The van der Waals surface area contributed by atoms with Crippen molar-refractivity contribution in [1.29, 1.82) is 0 Å². The Kier molecular flexibility index (Phi) is 11.2. The van der Waals surface area contributed by atoms with Gasteiger partial charge in [0.05, 0.1) is 0 Å². The van der Waals surface area contributed by atoms with Crippen LogP contribution in [0.2, 0.25) is 0 Å². The van der Waals surface area contributed by atoms with E-state index in [1.165, 1.54) is 0 Å². The van der Waals surface area contributed by atoms with E-state index in [1.807, 2.05) is 0 Å². The Morgan fingerprint density at radius 1 is 1.00 bits per heavy atom. The van der Waals surface area contributed by atoms with E-state index in [2.05, 4.69) is 5.32 Å². The smallest absolute Gasteiger partial charge is 0.411 e. The van der Waals surface area contributed by atoms with Crippen LogP contribution < -0.4 is 11.1 Å². The first-order valence-corrected chi connectivity index (χ1v) is 11.6. The molecule has 0 aliphatic rings. The Balaban J connectivity index is 3.38. The maximum Gasteiger partial charge on any atom is 0.411 e. The average Bonchev–Trinajstić information content (AvgIpc) is 2.71. The van der Waals surface area contributed by atoms with Crippen LogP contribution in [0.5, 0.6) is 0 Å². The molecular weight excluding hydrogens is 454 g/mol. The molecule has 1 rings (SSSR count). The van der Waals surface area contributed by atoms with E-state index >= 15 is 0 Å². The van der Waals surface area contributed by atoms with Gasteiger partial charge in [-0.3, -0.25) is 14.5 Å². The molecule has 0 saturated carbocycles. The molecular formula is C25H39N3O7. The third kappa shape index (κ3) is 11.7. The molecule has 4 N–H and O–H groups in total. The molecule has 196 valence electrons. The van der Waals surface area contributed by atoms with Gasteiger partial charge in [-0.1, -0.05) is 30.3 Å². The molecule has 10 nitrogen and oxygen atoms in total. The number of aliphatic carboxylic acids is 1. The predicted molar refractivity (Wildman–Crippen MR) is 131 cm³/mol. The Labute approximate surface area is 207 Å². The third-order valence-corrected chi connectivity index (χ3v) is 4.61. The monoisotopic (exact) mass is 493 g/mol. The quantitative estimate of drug-likeness (QED) is 0.398. The number of benzene rings is 1. The number of carboxylic acid groups (broad SMARTS) is 1. The van der Waals surface area contributed by atoms with Gasteiger partial charge >= 0.3 is 18.0 Å². The van der Waals surface area contributed by atoms with E-state index in [0.29, 0.717) is 12.0 Å².